The molecule has 0 aromatic rings. The number of amides is 1. The Morgan fingerprint density at radius 3 is 2.33 bits per heavy atom. The second kappa shape index (κ2) is 6.11. The van der Waals surface area contributed by atoms with Crippen LogP contribution >= 0.6 is 0 Å². The van der Waals surface area contributed by atoms with Crippen LogP contribution in [-0.4, -0.2) is 25.0 Å². The third-order valence-corrected chi connectivity index (χ3v) is 3.55. The minimum atomic E-state index is -0.0870. The molecule has 1 aliphatic rings. The number of hydrogen-bond acceptors (Lipinski definition) is 2. The number of nitrogens with one attached hydrogen (secondary N) is 2. The molecular formula is C12H24N2O. The van der Waals surface area contributed by atoms with Gasteiger partial charge in [0, 0.05) is 6.04 Å². The lowest BCUT2D eigenvalue weighted by Crippen LogP contribution is -2.46. The van der Waals surface area contributed by atoms with Gasteiger partial charge in [0.2, 0.25) is 5.91 Å². The van der Waals surface area contributed by atoms with Crippen LogP contribution < -0.4 is 10.6 Å². The first kappa shape index (κ1) is 12.5. The molecule has 0 saturated heterocycles. The summed E-state index contributed by atoms with van der Waals surface area (Å²) in [5.41, 5.74) is 0. The van der Waals surface area contributed by atoms with E-state index in [1.807, 2.05) is 14.0 Å². The zero-order chi connectivity index (χ0) is 11.3. The van der Waals surface area contributed by atoms with E-state index >= 15 is 0 Å². The molecule has 1 fully saturated rings. The highest BCUT2D eigenvalue weighted by Gasteiger charge is 2.22. The zero-order valence-corrected chi connectivity index (χ0v) is 10.2. The predicted molar refractivity (Wildman–Crippen MR) is 62.7 cm³/mol. The van der Waals surface area contributed by atoms with Crippen LogP contribution in [0.5, 0.6) is 0 Å². The molecule has 0 aliphatic heterocycles. The van der Waals surface area contributed by atoms with Crippen molar-refractivity contribution >= 4 is 5.91 Å². The second-order valence-electron chi connectivity index (χ2n) is 4.71. The number of hydrogen-bond donors (Lipinski definition) is 2. The number of carbonyl (C=O) groups is 1. The highest BCUT2D eigenvalue weighted by atomic mass is 16.2. The quantitative estimate of drug-likeness (QED) is 0.744. The van der Waals surface area contributed by atoms with E-state index in [2.05, 4.69) is 17.6 Å². The minimum Gasteiger partial charge on any atom is -0.352 e. The number of rotatable bonds is 4. The first-order valence-corrected chi connectivity index (χ1v) is 6.12. The van der Waals surface area contributed by atoms with Crippen molar-refractivity contribution in [1.29, 1.82) is 0 Å². The Morgan fingerprint density at radius 2 is 1.80 bits per heavy atom. The molecular weight excluding hydrogens is 188 g/mol. The van der Waals surface area contributed by atoms with Gasteiger partial charge >= 0.3 is 0 Å². The molecule has 3 heteroatoms. The van der Waals surface area contributed by atoms with Gasteiger partial charge in [-0.2, -0.15) is 0 Å². The maximum atomic E-state index is 11.7. The van der Waals surface area contributed by atoms with E-state index in [-0.39, 0.29) is 11.9 Å². The van der Waals surface area contributed by atoms with Crippen LogP contribution in [0.1, 0.15) is 46.0 Å². The second-order valence-corrected chi connectivity index (χ2v) is 4.71. The monoisotopic (exact) mass is 212 g/mol. The topological polar surface area (TPSA) is 41.1 Å². The molecule has 0 bridgehead atoms. The molecule has 2 atom stereocenters. The van der Waals surface area contributed by atoms with Gasteiger partial charge in [-0.1, -0.05) is 19.3 Å². The van der Waals surface area contributed by atoms with Crippen molar-refractivity contribution in [3.63, 3.8) is 0 Å². The van der Waals surface area contributed by atoms with Gasteiger partial charge in [0.15, 0.2) is 0 Å². The molecule has 0 aromatic heterocycles. The predicted octanol–water partition coefficient (Wildman–Crippen LogP) is 1.68. The van der Waals surface area contributed by atoms with Crippen molar-refractivity contribution in [2.75, 3.05) is 7.05 Å². The molecule has 0 radical (unpaired) electrons. The van der Waals surface area contributed by atoms with Gasteiger partial charge in [-0.05, 0) is 39.7 Å². The molecule has 1 aliphatic carbocycles. The van der Waals surface area contributed by atoms with E-state index in [0.717, 1.165) is 0 Å². The van der Waals surface area contributed by atoms with E-state index in [1.165, 1.54) is 32.1 Å². The van der Waals surface area contributed by atoms with Gasteiger partial charge in [0.05, 0.1) is 6.04 Å². The van der Waals surface area contributed by atoms with Gasteiger partial charge in [0.25, 0.3) is 0 Å². The summed E-state index contributed by atoms with van der Waals surface area (Å²) in [6.07, 6.45) is 6.56. The molecule has 1 saturated carbocycles. The van der Waals surface area contributed by atoms with Gasteiger partial charge in [-0.25, -0.2) is 0 Å². The van der Waals surface area contributed by atoms with Crippen molar-refractivity contribution in [3.05, 3.63) is 0 Å². The standard InChI is InChI=1S/C12H24N2O/c1-9(11-7-5-4-6-8-11)14-12(15)10(2)13-3/h9-11,13H,4-8H2,1-3H3,(H,14,15). The molecule has 3 nitrogen and oxygen atoms in total. The molecule has 1 rings (SSSR count). The first-order chi connectivity index (χ1) is 7.15. The lowest BCUT2D eigenvalue weighted by Gasteiger charge is -2.29. The summed E-state index contributed by atoms with van der Waals surface area (Å²) in [5.74, 6) is 0.808. The van der Waals surface area contributed by atoms with Gasteiger partial charge in [-0.15, -0.1) is 0 Å². The smallest absolute Gasteiger partial charge is 0.237 e. The van der Waals surface area contributed by atoms with Gasteiger partial charge in [0.1, 0.15) is 0 Å². The third kappa shape index (κ3) is 3.82. The molecule has 2 unspecified atom stereocenters. The summed E-state index contributed by atoms with van der Waals surface area (Å²) in [6.45, 7) is 4.03. The van der Waals surface area contributed by atoms with Crippen molar-refractivity contribution in [2.24, 2.45) is 5.92 Å². The van der Waals surface area contributed by atoms with Crippen molar-refractivity contribution in [2.45, 2.75) is 58.0 Å². The summed E-state index contributed by atoms with van der Waals surface area (Å²) in [6, 6.07) is 0.240. The fraction of sp³-hybridized carbons (Fsp3) is 0.917. The van der Waals surface area contributed by atoms with E-state index in [9.17, 15) is 4.79 Å². The van der Waals surface area contributed by atoms with Gasteiger partial charge in [-0.3, -0.25) is 4.79 Å². The third-order valence-electron chi connectivity index (χ3n) is 3.55. The molecule has 1 amide bonds. The highest BCUT2D eigenvalue weighted by Crippen LogP contribution is 2.26. The van der Waals surface area contributed by atoms with Crippen LogP contribution in [0.4, 0.5) is 0 Å². The normalized spacial score (nSPS) is 22.1. The molecule has 0 aromatic carbocycles. The maximum Gasteiger partial charge on any atom is 0.237 e. The summed E-state index contributed by atoms with van der Waals surface area (Å²) in [4.78, 5) is 11.7. The number of likely N-dealkylation sites (N-methyl/N-ethyl adjacent to an activating group) is 1. The van der Waals surface area contributed by atoms with Crippen LogP contribution in [0.25, 0.3) is 0 Å². The van der Waals surface area contributed by atoms with E-state index in [0.29, 0.717) is 12.0 Å². The maximum absolute atomic E-state index is 11.7. The SMILES string of the molecule is CNC(C)C(=O)NC(C)C1CCCCC1. The Balaban J connectivity index is 2.33. The van der Waals surface area contributed by atoms with Crippen molar-refractivity contribution < 1.29 is 4.79 Å². The highest BCUT2D eigenvalue weighted by molar-refractivity contribution is 5.81. The van der Waals surface area contributed by atoms with E-state index in [1.54, 1.807) is 0 Å². The Kier molecular flexibility index (Phi) is 5.09. The Hall–Kier alpha value is -0.570. The Morgan fingerprint density at radius 1 is 1.20 bits per heavy atom. The average molecular weight is 212 g/mol. The fourth-order valence-corrected chi connectivity index (χ4v) is 2.23. The average Bonchev–Trinajstić information content (AvgIpc) is 2.29. The van der Waals surface area contributed by atoms with Crippen LogP contribution in [-0.2, 0) is 4.79 Å². The Labute approximate surface area is 93.0 Å². The van der Waals surface area contributed by atoms with Gasteiger partial charge < -0.3 is 10.6 Å². The van der Waals surface area contributed by atoms with Crippen molar-refractivity contribution in [1.82, 2.24) is 10.6 Å². The van der Waals surface area contributed by atoms with E-state index < -0.39 is 0 Å². The van der Waals surface area contributed by atoms with Crippen LogP contribution in [0.3, 0.4) is 0 Å². The van der Waals surface area contributed by atoms with Crippen LogP contribution in [0.15, 0.2) is 0 Å². The Bertz CT molecular complexity index is 200. The zero-order valence-electron chi connectivity index (χ0n) is 10.2. The molecule has 0 spiro atoms. The summed E-state index contributed by atoms with van der Waals surface area (Å²) < 4.78 is 0. The van der Waals surface area contributed by atoms with Crippen LogP contribution in [0, 0.1) is 5.92 Å². The summed E-state index contributed by atoms with van der Waals surface area (Å²) in [5, 5.41) is 6.06. The fourth-order valence-electron chi connectivity index (χ4n) is 2.23. The van der Waals surface area contributed by atoms with Crippen LogP contribution in [0.2, 0.25) is 0 Å². The molecule has 0 heterocycles. The molecule has 2 N–H and O–H groups in total. The molecule has 88 valence electrons. The summed E-state index contributed by atoms with van der Waals surface area (Å²) in [7, 11) is 1.82. The minimum absolute atomic E-state index is 0.0870. The number of carbonyl (C=O) groups excluding carboxylic acids is 1. The molecule has 15 heavy (non-hydrogen) atoms. The first-order valence-electron chi connectivity index (χ1n) is 6.12. The largest absolute Gasteiger partial charge is 0.352 e. The lowest BCUT2D eigenvalue weighted by molar-refractivity contribution is -0.123. The summed E-state index contributed by atoms with van der Waals surface area (Å²) >= 11 is 0. The van der Waals surface area contributed by atoms with Crippen molar-refractivity contribution in [3.8, 4) is 0 Å². The lowest BCUT2D eigenvalue weighted by atomic mass is 9.84. The van der Waals surface area contributed by atoms with E-state index in [4.69, 9.17) is 0 Å².